The molecular weight excluding hydrogens is 311 g/mol. The highest BCUT2D eigenvalue weighted by atomic mass is 35.5. The van der Waals surface area contributed by atoms with E-state index < -0.39 is 9.84 Å². The Morgan fingerprint density at radius 2 is 1.95 bits per heavy atom. The molecule has 0 aliphatic carbocycles. The van der Waals surface area contributed by atoms with E-state index in [0.717, 1.165) is 0 Å². The van der Waals surface area contributed by atoms with E-state index in [1.807, 2.05) is 0 Å². The van der Waals surface area contributed by atoms with Crippen LogP contribution in [0.2, 0.25) is 10.0 Å². The second-order valence-electron chi connectivity index (χ2n) is 3.92. The van der Waals surface area contributed by atoms with Crippen molar-refractivity contribution in [2.24, 2.45) is 0 Å². The number of carbonyl (C=O) groups excluding carboxylic acids is 1. The largest absolute Gasteiger partial charge is 0.490 e. The molecule has 0 aliphatic rings. The minimum atomic E-state index is -3.12. The Morgan fingerprint density at radius 3 is 2.53 bits per heavy atom. The van der Waals surface area contributed by atoms with Crippen LogP contribution in [0.3, 0.4) is 0 Å². The molecule has 106 valence electrons. The number of carbonyl (C=O) groups is 1. The van der Waals surface area contributed by atoms with Gasteiger partial charge in [-0.1, -0.05) is 30.1 Å². The Bertz CT molecular complexity index is 555. The van der Waals surface area contributed by atoms with E-state index >= 15 is 0 Å². The number of benzene rings is 1. The predicted octanol–water partition coefficient (Wildman–Crippen LogP) is 3.01. The van der Waals surface area contributed by atoms with Crippen molar-refractivity contribution in [1.29, 1.82) is 0 Å². The Balaban J connectivity index is 2.76. The SMILES string of the molecule is CCCS(=O)(=O)CCOc1c(Cl)cc(Cl)cc1C=O. The summed E-state index contributed by atoms with van der Waals surface area (Å²) >= 11 is 11.7. The van der Waals surface area contributed by atoms with E-state index in [0.29, 0.717) is 17.7 Å². The molecule has 0 unspecified atom stereocenters. The van der Waals surface area contributed by atoms with Gasteiger partial charge in [0.15, 0.2) is 16.1 Å². The summed E-state index contributed by atoms with van der Waals surface area (Å²) in [5.41, 5.74) is 0.199. The first-order valence-corrected chi connectivity index (χ1v) is 8.24. The van der Waals surface area contributed by atoms with Gasteiger partial charge in [-0.3, -0.25) is 4.79 Å². The summed E-state index contributed by atoms with van der Waals surface area (Å²) in [4.78, 5) is 10.9. The normalized spacial score (nSPS) is 11.3. The highest BCUT2D eigenvalue weighted by molar-refractivity contribution is 7.91. The van der Waals surface area contributed by atoms with Crippen molar-refractivity contribution in [3.63, 3.8) is 0 Å². The highest BCUT2D eigenvalue weighted by Crippen LogP contribution is 2.31. The van der Waals surface area contributed by atoms with E-state index in [1.54, 1.807) is 6.92 Å². The first-order valence-electron chi connectivity index (χ1n) is 5.67. The van der Waals surface area contributed by atoms with Crippen molar-refractivity contribution in [3.05, 3.63) is 27.7 Å². The third-order valence-corrected chi connectivity index (χ3v) is 4.64. The number of rotatable bonds is 7. The Hall–Kier alpha value is -0.780. The van der Waals surface area contributed by atoms with Crippen molar-refractivity contribution >= 4 is 39.3 Å². The summed E-state index contributed by atoms with van der Waals surface area (Å²) in [6, 6.07) is 2.85. The second-order valence-corrected chi connectivity index (χ2v) is 7.07. The summed E-state index contributed by atoms with van der Waals surface area (Å²) in [6.07, 6.45) is 1.12. The standard InChI is InChI=1S/C12H14Cl2O4S/c1-2-4-19(16,17)5-3-18-12-9(8-15)6-10(13)7-11(12)14/h6-8H,2-5H2,1H3. The fourth-order valence-electron chi connectivity index (χ4n) is 1.50. The fourth-order valence-corrected chi connectivity index (χ4v) is 3.23. The van der Waals surface area contributed by atoms with Crippen molar-refractivity contribution in [3.8, 4) is 5.75 Å². The third-order valence-electron chi connectivity index (χ3n) is 2.32. The molecule has 0 aliphatic heterocycles. The molecule has 19 heavy (non-hydrogen) atoms. The molecule has 0 fully saturated rings. The third kappa shape index (κ3) is 5.01. The second kappa shape index (κ2) is 7.12. The first kappa shape index (κ1) is 16.3. The first-order chi connectivity index (χ1) is 8.89. The van der Waals surface area contributed by atoms with Crippen LogP contribution in [-0.2, 0) is 9.84 Å². The summed E-state index contributed by atoms with van der Waals surface area (Å²) in [5.74, 6) is 0.163. The zero-order chi connectivity index (χ0) is 14.5. The molecule has 0 heterocycles. The van der Waals surface area contributed by atoms with Crippen LogP contribution in [0.1, 0.15) is 23.7 Å². The van der Waals surface area contributed by atoms with E-state index in [-0.39, 0.29) is 34.4 Å². The van der Waals surface area contributed by atoms with Gasteiger partial charge in [0.2, 0.25) is 0 Å². The molecule has 0 amide bonds. The number of aldehydes is 1. The zero-order valence-corrected chi connectivity index (χ0v) is 12.7. The van der Waals surface area contributed by atoms with Gasteiger partial charge in [-0.05, 0) is 18.6 Å². The van der Waals surface area contributed by atoms with Crippen LogP contribution in [-0.4, -0.2) is 32.8 Å². The average molecular weight is 325 g/mol. The van der Waals surface area contributed by atoms with Gasteiger partial charge in [-0.15, -0.1) is 0 Å². The van der Waals surface area contributed by atoms with Crippen LogP contribution in [0.15, 0.2) is 12.1 Å². The van der Waals surface area contributed by atoms with E-state index in [2.05, 4.69) is 0 Å². The van der Waals surface area contributed by atoms with Gasteiger partial charge in [0.05, 0.1) is 22.1 Å². The van der Waals surface area contributed by atoms with Gasteiger partial charge in [-0.2, -0.15) is 0 Å². The van der Waals surface area contributed by atoms with Crippen molar-refractivity contribution in [1.82, 2.24) is 0 Å². The van der Waals surface area contributed by atoms with E-state index in [9.17, 15) is 13.2 Å². The summed E-state index contributed by atoms with van der Waals surface area (Å²) < 4.78 is 28.3. The molecule has 7 heteroatoms. The molecule has 4 nitrogen and oxygen atoms in total. The van der Waals surface area contributed by atoms with Crippen molar-refractivity contribution < 1.29 is 17.9 Å². The minimum Gasteiger partial charge on any atom is -0.490 e. The smallest absolute Gasteiger partial charge is 0.153 e. The van der Waals surface area contributed by atoms with Crippen molar-refractivity contribution in [2.45, 2.75) is 13.3 Å². The Morgan fingerprint density at radius 1 is 1.26 bits per heavy atom. The Kier molecular flexibility index (Phi) is 6.10. The van der Waals surface area contributed by atoms with Crippen LogP contribution in [0.4, 0.5) is 0 Å². The van der Waals surface area contributed by atoms with Gasteiger partial charge < -0.3 is 4.74 Å². The molecule has 0 spiro atoms. The molecular formula is C12H14Cl2O4S. The predicted molar refractivity (Wildman–Crippen MR) is 76.3 cm³/mol. The molecule has 0 radical (unpaired) electrons. The van der Waals surface area contributed by atoms with Crippen LogP contribution in [0, 0.1) is 0 Å². The minimum absolute atomic E-state index is 0.0511. The van der Waals surface area contributed by atoms with Crippen molar-refractivity contribution in [2.75, 3.05) is 18.1 Å². The zero-order valence-electron chi connectivity index (χ0n) is 10.4. The Labute approximate surface area is 122 Å². The van der Waals surface area contributed by atoms with E-state index in [1.165, 1.54) is 12.1 Å². The molecule has 1 rings (SSSR count). The lowest BCUT2D eigenvalue weighted by Crippen LogP contribution is -2.17. The number of halogens is 2. The topological polar surface area (TPSA) is 60.4 Å². The van der Waals surface area contributed by atoms with Gasteiger partial charge in [0.1, 0.15) is 12.4 Å². The molecule has 0 bridgehead atoms. The molecule has 1 aromatic rings. The number of hydrogen-bond acceptors (Lipinski definition) is 4. The lowest BCUT2D eigenvalue weighted by molar-refractivity contribution is 0.112. The molecule has 1 aromatic carbocycles. The van der Waals surface area contributed by atoms with Gasteiger partial charge in [0, 0.05) is 5.02 Å². The summed E-state index contributed by atoms with van der Waals surface area (Å²) in [5, 5.41) is 0.501. The quantitative estimate of drug-likeness (QED) is 0.723. The number of hydrogen-bond donors (Lipinski definition) is 0. The maximum absolute atomic E-state index is 11.5. The lowest BCUT2D eigenvalue weighted by atomic mass is 10.2. The maximum Gasteiger partial charge on any atom is 0.153 e. The van der Waals surface area contributed by atoms with Gasteiger partial charge >= 0.3 is 0 Å². The molecule has 0 saturated heterocycles. The molecule has 0 saturated carbocycles. The lowest BCUT2D eigenvalue weighted by Gasteiger charge is -2.11. The highest BCUT2D eigenvalue weighted by Gasteiger charge is 2.13. The van der Waals surface area contributed by atoms with Crippen LogP contribution in [0.5, 0.6) is 5.75 Å². The number of sulfone groups is 1. The number of ether oxygens (including phenoxy) is 1. The average Bonchev–Trinajstić information content (AvgIpc) is 2.31. The van der Waals surface area contributed by atoms with Crippen LogP contribution < -0.4 is 4.74 Å². The van der Waals surface area contributed by atoms with Crippen LogP contribution >= 0.6 is 23.2 Å². The van der Waals surface area contributed by atoms with E-state index in [4.69, 9.17) is 27.9 Å². The molecule has 0 N–H and O–H groups in total. The monoisotopic (exact) mass is 324 g/mol. The van der Waals surface area contributed by atoms with Gasteiger partial charge in [0.25, 0.3) is 0 Å². The van der Waals surface area contributed by atoms with Crippen LogP contribution in [0.25, 0.3) is 0 Å². The fraction of sp³-hybridized carbons (Fsp3) is 0.417. The van der Waals surface area contributed by atoms with Gasteiger partial charge in [-0.25, -0.2) is 8.42 Å². The summed E-state index contributed by atoms with van der Waals surface area (Å²) in [7, 11) is -3.12. The molecule has 0 aromatic heterocycles. The maximum atomic E-state index is 11.5. The molecule has 0 atom stereocenters. The summed E-state index contributed by atoms with van der Waals surface area (Å²) in [6.45, 7) is 1.74.